The third-order valence-electron chi connectivity index (χ3n) is 3.66. The third-order valence-corrected chi connectivity index (χ3v) is 3.66. The van der Waals surface area contributed by atoms with Crippen molar-refractivity contribution >= 4 is 5.91 Å². The zero-order valence-electron chi connectivity index (χ0n) is 12.6. The number of fused-ring (bicyclic) bond motifs is 1. The number of hydrogen-bond acceptors (Lipinski definition) is 4. The van der Waals surface area contributed by atoms with E-state index in [1.807, 2.05) is 19.1 Å². The minimum atomic E-state index is 0.00733. The molecule has 5 heteroatoms. The highest BCUT2D eigenvalue weighted by Gasteiger charge is 2.23. The van der Waals surface area contributed by atoms with Crippen molar-refractivity contribution in [2.45, 2.75) is 32.3 Å². The van der Waals surface area contributed by atoms with E-state index in [1.54, 1.807) is 18.6 Å². The van der Waals surface area contributed by atoms with Crippen molar-refractivity contribution < 1.29 is 9.53 Å². The van der Waals surface area contributed by atoms with Crippen LogP contribution in [0, 0.1) is 0 Å². The number of ether oxygens (including phenoxy) is 1. The fraction of sp³-hybridized carbons (Fsp3) is 0.353. The maximum Gasteiger partial charge on any atom is 0.220 e. The van der Waals surface area contributed by atoms with Crippen molar-refractivity contribution in [3.8, 4) is 17.0 Å². The van der Waals surface area contributed by atoms with Crippen molar-refractivity contribution in [1.29, 1.82) is 0 Å². The Morgan fingerprint density at radius 2 is 2.32 bits per heavy atom. The van der Waals surface area contributed by atoms with Gasteiger partial charge in [0.15, 0.2) is 0 Å². The van der Waals surface area contributed by atoms with Crippen molar-refractivity contribution in [3.63, 3.8) is 0 Å². The minimum absolute atomic E-state index is 0.00733. The third kappa shape index (κ3) is 3.24. The van der Waals surface area contributed by atoms with Gasteiger partial charge >= 0.3 is 0 Å². The highest BCUT2D eigenvalue weighted by atomic mass is 16.5. The predicted molar refractivity (Wildman–Crippen MR) is 83.5 cm³/mol. The van der Waals surface area contributed by atoms with Crippen LogP contribution in [0.2, 0.25) is 0 Å². The lowest BCUT2D eigenvalue weighted by Crippen LogP contribution is -2.34. The summed E-state index contributed by atoms with van der Waals surface area (Å²) in [7, 11) is 0. The van der Waals surface area contributed by atoms with Gasteiger partial charge in [0.1, 0.15) is 11.9 Å². The molecule has 114 valence electrons. The first-order valence-electron chi connectivity index (χ1n) is 7.59. The van der Waals surface area contributed by atoms with Crippen LogP contribution in [-0.4, -0.2) is 28.5 Å². The summed E-state index contributed by atoms with van der Waals surface area (Å²) >= 11 is 0. The molecule has 1 aromatic heterocycles. The molecular weight excluding hydrogens is 278 g/mol. The molecule has 1 N–H and O–H groups in total. The number of benzene rings is 1. The number of carbonyl (C=O) groups excluding carboxylic acids is 1. The van der Waals surface area contributed by atoms with Crippen molar-refractivity contribution in [2.24, 2.45) is 0 Å². The number of amides is 1. The van der Waals surface area contributed by atoms with Crippen LogP contribution < -0.4 is 10.1 Å². The topological polar surface area (TPSA) is 64.1 Å². The van der Waals surface area contributed by atoms with Gasteiger partial charge < -0.3 is 10.1 Å². The van der Waals surface area contributed by atoms with E-state index in [4.69, 9.17) is 4.74 Å². The van der Waals surface area contributed by atoms with E-state index in [0.717, 1.165) is 35.4 Å². The van der Waals surface area contributed by atoms with Gasteiger partial charge in [0.2, 0.25) is 5.91 Å². The molecule has 1 unspecified atom stereocenters. The highest BCUT2D eigenvalue weighted by Crippen LogP contribution is 2.32. The first-order chi connectivity index (χ1) is 10.8. The monoisotopic (exact) mass is 297 g/mol. The highest BCUT2D eigenvalue weighted by molar-refractivity contribution is 5.75. The number of rotatable bonds is 5. The van der Waals surface area contributed by atoms with Gasteiger partial charge in [-0.3, -0.25) is 14.8 Å². The van der Waals surface area contributed by atoms with Gasteiger partial charge in [0.25, 0.3) is 0 Å². The lowest BCUT2D eigenvalue weighted by Gasteiger charge is -2.11. The largest absolute Gasteiger partial charge is 0.488 e. The number of hydrogen-bond donors (Lipinski definition) is 1. The molecule has 1 atom stereocenters. The van der Waals surface area contributed by atoms with Crippen LogP contribution in [-0.2, 0) is 11.2 Å². The molecular formula is C17H19N3O2. The van der Waals surface area contributed by atoms with Crippen LogP contribution >= 0.6 is 0 Å². The summed E-state index contributed by atoms with van der Waals surface area (Å²) in [5, 5.41) is 2.92. The molecule has 3 rings (SSSR count). The molecule has 1 aliphatic rings. The second-order valence-electron chi connectivity index (χ2n) is 5.41. The molecule has 0 aliphatic carbocycles. The minimum Gasteiger partial charge on any atom is -0.488 e. The van der Waals surface area contributed by atoms with E-state index in [0.29, 0.717) is 13.0 Å². The second-order valence-corrected chi connectivity index (χ2v) is 5.41. The molecule has 0 saturated heterocycles. The molecule has 0 bridgehead atoms. The van der Waals surface area contributed by atoms with E-state index in [2.05, 4.69) is 21.4 Å². The zero-order chi connectivity index (χ0) is 15.4. The van der Waals surface area contributed by atoms with Crippen molar-refractivity contribution in [3.05, 3.63) is 42.4 Å². The van der Waals surface area contributed by atoms with Gasteiger partial charge in [-0.15, -0.1) is 0 Å². The van der Waals surface area contributed by atoms with Crippen molar-refractivity contribution in [1.82, 2.24) is 15.3 Å². The Hall–Kier alpha value is -2.43. The molecule has 2 aromatic rings. The number of carbonyl (C=O) groups is 1. The van der Waals surface area contributed by atoms with Gasteiger partial charge in [-0.25, -0.2) is 0 Å². The van der Waals surface area contributed by atoms with Crippen molar-refractivity contribution in [2.75, 3.05) is 6.54 Å². The Morgan fingerprint density at radius 3 is 3.09 bits per heavy atom. The zero-order valence-corrected chi connectivity index (χ0v) is 12.6. The normalized spacial score (nSPS) is 16.0. The van der Waals surface area contributed by atoms with Crippen LogP contribution in [0.3, 0.4) is 0 Å². The SMILES string of the molecule is CCCC(=O)NCC1Cc2cc(-c3cnccn3)ccc2O1. The molecule has 0 saturated carbocycles. The Bertz CT molecular complexity index is 658. The molecule has 2 heterocycles. The molecule has 0 fully saturated rings. The lowest BCUT2D eigenvalue weighted by atomic mass is 10.0. The van der Waals surface area contributed by atoms with E-state index in [9.17, 15) is 4.79 Å². The average molecular weight is 297 g/mol. The van der Waals surface area contributed by atoms with Crippen LogP contribution in [0.25, 0.3) is 11.3 Å². The molecule has 0 radical (unpaired) electrons. The molecule has 0 spiro atoms. The summed E-state index contributed by atoms with van der Waals surface area (Å²) in [5.74, 6) is 0.977. The average Bonchev–Trinajstić information content (AvgIpc) is 2.96. The van der Waals surface area contributed by atoms with Gasteiger partial charge in [-0.05, 0) is 30.2 Å². The fourth-order valence-electron chi connectivity index (χ4n) is 2.58. The summed E-state index contributed by atoms with van der Waals surface area (Å²) in [5.41, 5.74) is 3.04. The molecule has 1 amide bonds. The van der Waals surface area contributed by atoms with E-state index >= 15 is 0 Å². The summed E-state index contributed by atoms with van der Waals surface area (Å²) < 4.78 is 5.88. The summed E-state index contributed by atoms with van der Waals surface area (Å²) in [6.07, 6.45) is 7.33. The van der Waals surface area contributed by atoms with Crippen LogP contribution in [0.4, 0.5) is 0 Å². The number of nitrogens with zero attached hydrogens (tertiary/aromatic N) is 2. The van der Waals surface area contributed by atoms with Crippen LogP contribution in [0.1, 0.15) is 25.3 Å². The van der Waals surface area contributed by atoms with Gasteiger partial charge in [-0.2, -0.15) is 0 Å². The first-order valence-corrected chi connectivity index (χ1v) is 7.59. The van der Waals surface area contributed by atoms with E-state index in [-0.39, 0.29) is 12.0 Å². The smallest absolute Gasteiger partial charge is 0.220 e. The first kappa shape index (κ1) is 14.5. The van der Waals surface area contributed by atoms with E-state index in [1.165, 1.54) is 0 Å². The molecule has 22 heavy (non-hydrogen) atoms. The van der Waals surface area contributed by atoms with Crippen LogP contribution in [0.15, 0.2) is 36.8 Å². The maximum absolute atomic E-state index is 11.5. The summed E-state index contributed by atoms with van der Waals surface area (Å²) in [6, 6.07) is 6.04. The van der Waals surface area contributed by atoms with Gasteiger partial charge in [0.05, 0.1) is 18.4 Å². The van der Waals surface area contributed by atoms with Gasteiger partial charge in [-0.1, -0.05) is 6.92 Å². The van der Waals surface area contributed by atoms with Crippen LogP contribution in [0.5, 0.6) is 5.75 Å². The summed E-state index contributed by atoms with van der Waals surface area (Å²) in [6.45, 7) is 2.55. The summed E-state index contributed by atoms with van der Waals surface area (Å²) in [4.78, 5) is 19.9. The number of aromatic nitrogens is 2. The molecule has 1 aromatic carbocycles. The molecule has 5 nitrogen and oxygen atoms in total. The fourth-order valence-corrected chi connectivity index (χ4v) is 2.58. The van der Waals surface area contributed by atoms with Gasteiger partial charge in [0, 0.05) is 30.8 Å². The quantitative estimate of drug-likeness (QED) is 0.920. The second kappa shape index (κ2) is 6.56. The predicted octanol–water partition coefficient (Wildman–Crippen LogP) is 2.36. The maximum atomic E-state index is 11.5. The Kier molecular flexibility index (Phi) is 4.32. The lowest BCUT2D eigenvalue weighted by molar-refractivity contribution is -0.121. The Labute approximate surface area is 129 Å². The Balaban J connectivity index is 1.65. The number of nitrogens with one attached hydrogen (secondary N) is 1. The Morgan fingerprint density at radius 1 is 1.41 bits per heavy atom. The molecule has 1 aliphatic heterocycles. The van der Waals surface area contributed by atoms with E-state index < -0.39 is 0 Å². The standard InChI is InChI=1S/C17H19N3O2/c1-2-3-17(21)20-10-14-9-13-8-12(4-5-16(13)22-14)15-11-18-6-7-19-15/h4-8,11,14H,2-3,9-10H2,1H3,(H,20,21).